The molecule has 1 aromatic rings. The lowest BCUT2D eigenvalue weighted by Gasteiger charge is -2.14. The van der Waals surface area contributed by atoms with Crippen molar-refractivity contribution in [3.8, 4) is 0 Å². The zero-order valence-electron chi connectivity index (χ0n) is 9.03. The number of rotatable bonds is 5. The number of nitrogens with two attached hydrogens (primary N) is 1. The molecule has 3 nitrogen and oxygen atoms in total. The summed E-state index contributed by atoms with van der Waals surface area (Å²) in [6.07, 6.45) is 1.22. The van der Waals surface area contributed by atoms with Gasteiger partial charge < -0.3 is 11.1 Å². The molecule has 0 spiro atoms. The summed E-state index contributed by atoms with van der Waals surface area (Å²) in [6.45, 7) is 2.41. The average molecular weight is 283 g/mol. The zero-order valence-corrected chi connectivity index (χ0v) is 11.4. The fraction of sp³-hybridized carbons (Fsp3) is 0.500. The van der Waals surface area contributed by atoms with Crippen molar-refractivity contribution >= 4 is 41.3 Å². The Hall–Kier alpha value is -0.290. The Morgan fingerprint density at radius 2 is 2.31 bits per heavy atom. The van der Waals surface area contributed by atoms with Crippen LogP contribution in [0.25, 0.3) is 0 Å². The summed E-state index contributed by atoms with van der Waals surface area (Å²) < 4.78 is 0.747. The second-order valence-electron chi connectivity index (χ2n) is 3.21. The van der Waals surface area contributed by atoms with Crippen LogP contribution in [0.5, 0.6) is 0 Å². The molecule has 1 rings (SSSR count). The standard InChI is InChI=1S/C10H15ClN2OS.ClH/c1-2-7(13-10(14)5-6-12)8-3-4-9(11)15-8;/h3-4,7H,2,5-6,12H2,1H3,(H,13,14);1H. The third-order valence-corrected chi connectivity index (χ3v) is 3.40. The van der Waals surface area contributed by atoms with Crippen molar-refractivity contribution in [1.29, 1.82) is 0 Å². The molecular weight excluding hydrogens is 267 g/mol. The van der Waals surface area contributed by atoms with Crippen LogP contribution in [0.15, 0.2) is 12.1 Å². The molecule has 0 aliphatic rings. The Balaban J connectivity index is 0.00000225. The summed E-state index contributed by atoms with van der Waals surface area (Å²) in [6, 6.07) is 3.85. The number of carbonyl (C=O) groups excluding carboxylic acids is 1. The molecule has 92 valence electrons. The van der Waals surface area contributed by atoms with E-state index in [0.29, 0.717) is 13.0 Å². The predicted octanol–water partition coefficient (Wildman–Crippen LogP) is 2.74. The lowest BCUT2D eigenvalue weighted by Crippen LogP contribution is -2.29. The predicted molar refractivity (Wildman–Crippen MR) is 71.4 cm³/mol. The Morgan fingerprint density at radius 1 is 1.62 bits per heavy atom. The van der Waals surface area contributed by atoms with Crippen LogP contribution in [-0.2, 0) is 4.79 Å². The van der Waals surface area contributed by atoms with Gasteiger partial charge in [0.05, 0.1) is 10.4 Å². The molecule has 0 bridgehead atoms. The van der Waals surface area contributed by atoms with Crippen molar-refractivity contribution in [2.24, 2.45) is 5.73 Å². The van der Waals surface area contributed by atoms with Gasteiger partial charge in [0.1, 0.15) is 0 Å². The van der Waals surface area contributed by atoms with E-state index in [4.69, 9.17) is 17.3 Å². The molecule has 0 aromatic carbocycles. The molecule has 1 aromatic heterocycles. The molecule has 0 saturated heterocycles. The van der Waals surface area contributed by atoms with Crippen LogP contribution in [0.2, 0.25) is 4.34 Å². The van der Waals surface area contributed by atoms with Crippen LogP contribution in [0.4, 0.5) is 0 Å². The maximum Gasteiger partial charge on any atom is 0.221 e. The summed E-state index contributed by atoms with van der Waals surface area (Å²) in [7, 11) is 0. The van der Waals surface area contributed by atoms with Crippen molar-refractivity contribution in [1.82, 2.24) is 5.32 Å². The smallest absolute Gasteiger partial charge is 0.221 e. The highest BCUT2D eigenvalue weighted by Crippen LogP contribution is 2.28. The molecule has 16 heavy (non-hydrogen) atoms. The molecule has 1 atom stereocenters. The number of carbonyl (C=O) groups is 1. The highest BCUT2D eigenvalue weighted by atomic mass is 35.5. The first-order chi connectivity index (χ1) is 7.17. The van der Waals surface area contributed by atoms with Crippen LogP contribution < -0.4 is 11.1 Å². The van der Waals surface area contributed by atoms with Crippen molar-refractivity contribution in [3.05, 3.63) is 21.3 Å². The Labute approximate surface area is 111 Å². The molecule has 1 heterocycles. The van der Waals surface area contributed by atoms with Gasteiger partial charge in [-0.1, -0.05) is 18.5 Å². The van der Waals surface area contributed by atoms with E-state index in [2.05, 4.69) is 5.32 Å². The van der Waals surface area contributed by atoms with Gasteiger partial charge in [-0.15, -0.1) is 23.7 Å². The van der Waals surface area contributed by atoms with E-state index in [-0.39, 0.29) is 24.4 Å². The normalized spacial score (nSPS) is 11.7. The van der Waals surface area contributed by atoms with Gasteiger partial charge in [0.2, 0.25) is 5.91 Å². The number of hydrogen-bond acceptors (Lipinski definition) is 3. The minimum absolute atomic E-state index is 0. The molecule has 0 saturated carbocycles. The van der Waals surface area contributed by atoms with Gasteiger partial charge in [0, 0.05) is 17.8 Å². The van der Waals surface area contributed by atoms with Gasteiger partial charge in [0.15, 0.2) is 0 Å². The summed E-state index contributed by atoms with van der Waals surface area (Å²) >= 11 is 7.34. The maximum atomic E-state index is 11.4. The molecule has 6 heteroatoms. The summed E-state index contributed by atoms with van der Waals surface area (Å²) in [5.74, 6) is -0.00567. The van der Waals surface area contributed by atoms with Crippen molar-refractivity contribution in [2.75, 3.05) is 6.54 Å². The number of hydrogen-bond donors (Lipinski definition) is 2. The van der Waals surface area contributed by atoms with Crippen LogP contribution in [0.1, 0.15) is 30.7 Å². The molecule has 0 aliphatic carbocycles. The second kappa shape index (κ2) is 7.90. The van der Waals surface area contributed by atoms with E-state index in [1.54, 1.807) is 0 Å². The molecule has 0 radical (unpaired) electrons. The third-order valence-electron chi connectivity index (χ3n) is 2.05. The lowest BCUT2D eigenvalue weighted by molar-refractivity contribution is -0.121. The van der Waals surface area contributed by atoms with Gasteiger partial charge in [-0.05, 0) is 18.6 Å². The molecule has 0 aliphatic heterocycles. The minimum atomic E-state index is -0.00567. The first kappa shape index (κ1) is 15.7. The van der Waals surface area contributed by atoms with E-state index in [0.717, 1.165) is 15.6 Å². The summed E-state index contributed by atoms with van der Waals surface area (Å²) in [4.78, 5) is 12.5. The van der Waals surface area contributed by atoms with E-state index >= 15 is 0 Å². The number of amides is 1. The van der Waals surface area contributed by atoms with Crippen LogP contribution >= 0.6 is 35.3 Å². The lowest BCUT2D eigenvalue weighted by atomic mass is 10.2. The molecule has 1 unspecified atom stereocenters. The highest BCUT2D eigenvalue weighted by Gasteiger charge is 2.13. The van der Waals surface area contributed by atoms with Crippen LogP contribution in [-0.4, -0.2) is 12.5 Å². The largest absolute Gasteiger partial charge is 0.348 e. The fourth-order valence-corrected chi connectivity index (χ4v) is 2.48. The van der Waals surface area contributed by atoms with Crippen molar-refractivity contribution < 1.29 is 4.79 Å². The van der Waals surface area contributed by atoms with E-state index < -0.39 is 0 Å². The van der Waals surface area contributed by atoms with Gasteiger partial charge in [-0.25, -0.2) is 0 Å². The van der Waals surface area contributed by atoms with E-state index in [9.17, 15) is 4.79 Å². The van der Waals surface area contributed by atoms with Crippen molar-refractivity contribution in [3.63, 3.8) is 0 Å². The highest BCUT2D eigenvalue weighted by molar-refractivity contribution is 7.16. The van der Waals surface area contributed by atoms with Crippen LogP contribution in [0, 0.1) is 0 Å². The first-order valence-corrected chi connectivity index (χ1v) is 6.11. The maximum absolute atomic E-state index is 11.4. The fourth-order valence-electron chi connectivity index (χ4n) is 1.29. The minimum Gasteiger partial charge on any atom is -0.348 e. The van der Waals surface area contributed by atoms with Crippen molar-refractivity contribution in [2.45, 2.75) is 25.8 Å². The van der Waals surface area contributed by atoms with Gasteiger partial charge >= 0.3 is 0 Å². The van der Waals surface area contributed by atoms with E-state index in [1.165, 1.54) is 11.3 Å². The molecule has 0 fully saturated rings. The van der Waals surface area contributed by atoms with Gasteiger partial charge in [0.25, 0.3) is 0 Å². The zero-order chi connectivity index (χ0) is 11.3. The third kappa shape index (κ3) is 4.70. The van der Waals surface area contributed by atoms with Gasteiger partial charge in [-0.3, -0.25) is 4.79 Å². The SMILES string of the molecule is CCC(NC(=O)CCN)c1ccc(Cl)s1.Cl. The number of thiophene rings is 1. The molecular formula is C10H16Cl2N2OS. The quantitative estimate of drug-likeness (QED) is 0.873. The summed E-state index contributed by atoms with van der Waals surface area (Å²) in [5.41, 5.74) is 5.31. The Bertz CT molecular complexity index is 330. The van der Waals surface area contributed by atoms with Gasteiger partial charge in [-0.2, -0.15) is 0 Å². The topological polar surface area (TPSA) is 55.1 Å². The monoisotopic (exact) mass is 282 g/mol. The molecule has 3 N–H and O–H groups in total. The Kier molecular flexibility index (Phi) is 7.76. The second-order valence-corrected chi connectivity index (χ2v) is 4.96. The first-order valence-electron chi connectivity index (χ1n) is 4.92. The number of nitrogens with one attached hydrogen (secondary N) is 1. The summed E-state index contributed by atoms with van der Waals surface area (Å²) in [5, 5.41) is 2.93. The van der Waals surface area contributed by atoms with Crippen LogP contribution in [0.3, 0.4) is 0 Å². The average Bonchev–Trinajstić information content (AvgIpc) is 2.61. The van der Waals surface area contributed by atoms with E-state index in [1.807, 2.05) is 19.1 Å². The Morgan fingerprint density at radius 3 is 2.75 bits per heavy atom. The molecule has 1 amide bonds. The number of halogens is 2.